The zero-order chi connectivity index (χ0) is 10.5. The third-order valence-corrected chi connectivity index (χ3v) is 3.44. The number of ether oxygens (including phenoxy) is 1. The van der Waals surface area contributed by atoms with Crippen LogP contribution in [0.2, 0.25) is 0 Å². The molecule has 4 heteroatoms. The molecule has 2 aliphatic heterocycles. The maximum atomic E-state index is 5.38. The molecule has 4 nitrogen and oxygen atoms in total. The first-order chi connectivity index (χ1) is 7.40. The maximum absolute atomic E-state index is 5.38. The fourth-order valence-electron chi connectivity index (χ4n) is 2.22. The quantitative estimate of drug-likeness (QED) is 0.630. The topological polar surface area (TPSA) is 27.7 Å². The van der Waals surface area contributed by atoms with Crippen LogP contribution in [-0.4, -0.2) is 74.9 Å². The Bertz CT molecular complexity index is 177. The van der Waals surface area contributed by atoms with E-state index in [2.05, 4.69) is 22.0 Å². The largest absolute Gasteiger partial charge is 0.380 e. The van der Waals surface area contributed by atoms with Gasteiger partial charge in [0.15, 0.2) is 0 Å². The normalized spacial score (nSPS) is 25.4. The third kappa shape index (κ3) is 3.14. The Morgan fingerprint density at radius 2 is 1.93 bits per heavy atom. The van der Waals surface area contributed by atoms with Gasteiger partial charge in [-0.05, 0) is 6.92 Å². The molecule has 2 saturated heterocycles. The molecule has 0 aromatic heterocycles. The van der Waals surface area contributed by atoms with Gasteiger partial charge >= 0.3 is 0 Å². The summed E-state index contributed by atoms with van der Waals surface area (Å²) < 4.78 is 5.38. The molecular formula is C11H23N3O. The molecule has 2 aliphatic rings. The molecule has 0 bridgehead atoms. The van der Waals surface area contributed by atoms with Crippen LogP contribution in [0.5, 0.6) is 0 Å². The van der Waals surface area contributed by atoms with Crippen LogP contribution in [0.3, 0.4) is 0 Å². The molecule has 0 aromatic rings. The van der Waals surface area contributed by atoms with Gasteiger partial charge in [0.1, 0.15) is 0 Å². The molecule has 0 aromatic carbocycles. The molecule has 0 radical (unpaired) electrons. The molecule has 2 heterocycles. The van der Waals surface area contributed by atoms with Crippen molar-refractivity contribution in [2.45, 2.75) is 13.0 Å². The van der Waals surface area contributed by atoms with E-state index < -0.39 is 0 Å². The van der Waals surface area contributed by atoms with E-state index in [0.29, 0.717) is 0 Å². The average Bonchev–Trinajstić information content (AvgIpc) is 2.18. The minimum Gasteiger partial charge on any atom is -0.380 e. The summed E-state index contributed by atoms with van der Waals surface area (Å²) >= 11 is 0. The first-order valence-electron chi connectivity index (χ1n) is 6.15. The predicted molar refractivity (Wildman–Crippen MR) is 61.2 cm³/mol. The van der Waals surface area contributed by atoms with Gasteiger partial charge in [0.2, 0.25) is 0 Å². The zero-order valence-electron chi connectivity index (χ0n) is 9.74. The van der Waals surface area contributed by atoms with E-state index in [0.717, 1.165) is 25.8 Å². The maximum Gasteiger partial charge on any atom is 0.0593 e. The van der Waals surface area contributed by atoms with Gasteiger partial charge in [-0.2, -0.15) is 0 Å². The Morgan fingerprint density at radius 1 is 1.20 bits per heavy atom. The molecule has 0 unspecified atom stereocenters. The van der Waals surface area contributed by atoms with Crippen LogP contribution in [0, 0.1) is 0 Å². The third-order valence-electron chi connectivity index (χ3n) is 3.44. The van der Waals surface area contributed by atoms with Crippen LogP contribution in [0.25, 0.3) is 0 Å². The Balaban J connectivity index is 1.59. The fraction of sp³-hybridized carbons (Fsp3) is 1.00. The summed E-state index contributed by atoms with van der Waals surface area (Å²) in [7, 11) is 0. The molecule has 2 rings (SSSR count). The summed E-state index contributed by atoms with van der Waals surface area (Å²) in [5.41, 5.74) is 0. The molecule has 0 spiro atoms. The van der Waals surface area contributed by atoms with E-state index in [1.165, 1.54) is 39.3 Å². The van der Waals surface area contributed by atoms with Crippen molar-refractivity contribution in [1.29, 1.82) is 0 Å². The molecule has 0 aliphatic carbocycles. The van der Waals surface area contributed by atoms with E-state index in [1.54, 1.807) is 0 Å². The first kappa shape index (κ1) is 11.3. The van der Waals surface area contributed by atoms with Gasteiger partial charge < -0.3 is 10.1 Å². The van der Waals surface area contributed by atoms with Crippen LogP contribution in [0.15, 0.2) is 0 Å². The van der Waals surface area contributed by atoms with Crippen molar-refractivity contribution in [3.63, 3.8) is 0 Å². The summed E-state index contributed by atoms with van der Waals surface area (Å²) in [4.78, 5) is 5.13. The van der Waals surface area contributed by atoms with Crippen molar-refractivity contribution in [3.8, 4) is 0 Å². The van der Waals surface area contributed by atoms with Crippen LogP contribution in [-0.2, 0) is 4.74 Å². The number of nitrogens with one attached hydrogen (secondary N) is 1. The molecule has 0 amide bonds. The highest BCUT2D eigenvalue weighted by molar-refractivity contribution is 4.87. The van der Waals surface area contributed by atoms with E-state index in [1.807, 2.05) is 0 Å². The average molecular weight is 213 g/mol. The predicted octanol–water partition coefficient (Wildman–Crippen LogP) is -0.388. The highest BCUT2D eigenvalue weighted by atomic mass is 16.5. The number of hydrogen-bond donors (Lipinski definition) is 1. The second-order valence-corrected chi connectivity index (χ2v) is 4.39. The summed E-state index contributed by atoms with van der Waals surface area (Å²) in [5.74, 6) is 0. The lowest BCUT2D eigenvalue weighted by Gasteiger charge is -2.43. The standard InChI is InChI=1S/C11H23N3O/c1-2-15-8-7-13-3-5-14(6-4-13)11-9-12-10-11/h11-12H,2-10H2,1H3. The van der Waals surface area contributed by atoms with Crippen molar-refractivity contribution in [2.24, 2.45) is 0 Å². The second kappa shape index (κ2) is 5.80. The number of hydrogen-bond acceptors (Lipinski definition) is 4. The lowest BCUT2D eigenvalue weighted by molar-refractivity contribution is 0.0516. The number of nitrogens with zero attached hydrogens (tertiary/aromatic N) is 2. The molecule has 1 N–H and O–H groups in total. The van der Waals surface area contributed by atoms with E-state index in [4.69, 9.17) is 4.74 Å². The van der Waals surface area contributed by atoms with Gasteiger partial charge in [0, 0.05) is 58.5 Å². The number of piperazine rings is 1. The fourth-order valence-corrected chi connectivity index (χ4v) is 2.22. The monoisotopic (exact) mass is 213 g/mol. The van der Waals surface area contributed by atoms with Gasteiger partial charge in [-0.1, -0.05) is 0 Å². The van der Waals surface area contributed by atoms with E-state index >= 15 is 0 Å². The lowest BCUT2D eigenvalue weighted by atomic mass is 10.1. The zero-order valence-corrected chi connectivity index (χ0v) is 9.74. The van der Waals surface area contributed by atoms with Gasteiger partial charge in [0.05, 0.1) is 6.61 Å². The SMILES string of the molecule is CCOCCN1CCN(C2CNC2)CC1. The summed E-state index contributed by atoms with van der Waals surface area (Å²) in [6.45, 7) is 12.2. The number of rotatable bonds is 5. The van der Waals surface area contributed by atoms with Crippen LogP contribution in [0.4, 0.5) is 0 Å². The van der Waals surface area contributed by atoms with Crippen LogP contribution >= 0.6 is 0 Å². The van der Waals surface area contributed by atoms with Crippen molar-refractivity contribution >= 4 is 0 Å². The molecular weight excluding hydrogens is 190 g/mol. The molecule has 88 valence electrons. The van der Waals surface area contributed by atoms with Crippen LogP contribution in [0.1, 0.15) is 6.92 Å². The molecule has 15 heavy (non-hydrogen) atoms. The van der Waals surface area contributed by atoms with Gasteiger partial charge in [-0.15, -0.1) is 0 Å². The summed E-state index contributed by atoms with van der Waals surface area (Å²) in [6.07, 6.45) is 0. The minimum absolute atomic E-state index is 0.819. The highest BCUT2D eigenvalue weighted by Gasteiger charge is 2.27. The Morgan fingerprint density at radius 3 is 2.47 bits per heavy atom. The van der Waals surface area contributed by atoms with Crippen molar-refractivity contribution in [1.82, 2.24) is 15.1 Å². The van der Waals surface area contributed by atoms with Crippen molar-refractivity contribution < 1.29 is 4.74 Å². The first-order valence-corrected chi connectivity index (χ1v) is 6.15. The van der Waals surface area contributed by atoms with E-state index in [9.17, 15) is 0 Å². The second-order valence-electron chi connectivity index (χ2n) is 4.39. The van der Waals surface area contributed by atoms with Gasteiger partial charge in [-0.25, -0.2) is 0 Å². The summed E-state index contributed by atoms with van der Waals surface area (Å²) in [6, 6.07) is 0.819. The Hall–Kier alpha value is -0.160. The highest BCUT2D eigenvalue weighted by Crippen LogP contribution is 2.09. The molecule has 0 saturated carbocycles. The smallest absolute Gasteiger partial charge is 0.0593 e. The molecule has 0 atom stereocenters. The van der Waals surface area contributed by atoms with Gasteiger partial charge in [0.25, 0.3) is 0 Å². The Kier molecular flexibility index (Phi) is 4.38. The Labute approximate surface area is 92.6 Å². The van der Waals surface area contributed by atoms with Crippen LogP contribution < -0.4 is 5.32 Å². The van der Waals surface area contributed by atoms with Crippen molar-refractivity contribution in [2.75, 3.05) is 59.0 Å². The van der Waals surface area contributed by atoms with Gasteiger partial charge in [-0.3, -0.25) is 9.80 Å². The summed E-state index contributed by atoms with van der Waals surface area (Å²) in [5, 5.41) is 3.34. The molecule has 2 fully saturated rings. The van der Waals surface area contributed by atoms with E-state index in [-0.39, 0.29) is 0 Å². The minimum atomic E-state index is 0.819. The lowest BCUT2D eigenvalue weighted by Crippen LogP contribution is -2.61. The van der Waals surface area contributed by atoms with Crippen molar-refractivity contribution in [3.05, 3.63) is 0 Å².